The average Bonchev–Trinajstić information content (AvgIpc) is 2.38. The molecule has 1 heterocycles. The molecule has 18 heavy (non-hydrogen) atoms. The predicted molar refractivity (Wildman–Crippen MR) is 78.4 cm³/mol. The van der Waals surface area contributed by atoms with Gasteiger partial charge in [-0.3, -0.25) is 4.79 Å². The predicted octanol–water partition coefficient (Wildman–Crippen LogP) is 2.81. The Kier molecular flexibility index (Phi) is 4.42. The molecule has 96 valence electrons. The van der Waals surface area contributed by atoms with Gasteiger partial charge in [-0.25, -0.2) is 4.98 Å². The quantitative estimate of drug-likeness (QED) is 0.664. The van der Waals surface area contributed by atoms with E-state index in [1.165, 1.54) is 0 Å². The summed E-state index contributed by atoms with van der Waals surface area (Å²) in [5.74, 6) is 0.908. The van der Waals surface area contributed by atoms with Gasteiger partial charge in [-0.1, -0.05) is 18.6 Å². The summed E-state index contributed by atoms with van der Waals surface area (Å²) < 4.78 is 1.84. The summed E-state index contributed by atoms with van der Waals surface area (Å²) in [6.45, 7) is 2.54. The van der Waals surface area contributed by atoms with E-state index in [1.807, 2.05) is 28.8 Å². The van der Waals surface area contributed by atoms with Crippen molar-refractivity contribution in [3.8, 4) is 0 Å². The van der Waals surface area contributed by atoms with Crippen LogP contribution < -0.4 is 5.56 Å². The fourth-order valence-corrected chi connectivity index (χ4v) is 2.32. The third-order valence-corrected chi connectivity index (χ3v) is 3.37. The molecule has 0 unspecified atom stereocenters. The normalized spacial score (nSPS) is 11.0. The number of aromatic nitrogens is 2. The van der Waals surface area contributed by atoms with E-state index < -0.39 is 0 Å². The van der Waals surface area contributed by atoms with Gasteiger partial charge in [0.15, 0.2) is 0 Å². The fourth-order valence-electron chi connectivity index (χ4n) is 2.10. The van der Waals surface area contributed by atoms with Gasteiger partial charge in [0.1, 0.15) is 5.69 Å². The number of fused-ring (bicyclic) bond motifs is 1. The first-order valence-corrected chi connectivity index (χ1v) is 6.94. The monoisotopic (exact) mass is 262 g/mol. The highest BCUT2D eigenvalue weighted by Crippen LogP contribution is 2.11. The van der Waals surface area contributed by atoms with Gasteiger partial charge in [0, 0.05) is 6.54 Å². The van der Waals surface area contributed by atoms with Crippen molar-refractivity contribution in [2.45, 2.75) is 32.7 Å². The van der Waals surface area contributed by atoms with Crippen LogP contribution in [0.25, 0.3) is 11.0 Å². The second-order valence-corrected chi connectivity index (χ2v) is 4.87. The van der Waals surface area contributed by atoms with Gasteiger partial charge < -0.3 is 4.57 Å². The Hall–Kier alpha value is -1.29. The molecular formula is C14H18N2OS. The minimum atomic E-state index is 0.0274. The van der Waals surface area contributed by atoms with Crippen molar-refractivity contribution in [1.29, 1.82) is 0 Å². The number of benzene rings is 1. The standard InChI is InChI=1S/C14H18N2OS/c1-11-14(17)16(9-5-2-6-10-18)13-8-4-3-7-12(13)15-11/h3-4,7-8,18H,2,5-6,9-10H2,1H3. The zero-order chi connectivity index (χ0) is 13.0. The highest BCUT2D eigenvalue weighted by Gasteiger charge is 2.06. The first-order valence-electron chi connectivity index (χ1n) is 6.31. The van der Waals surface area contributed by atoms with Gasteiger partial charge in [-0.2, -0.15) is 12.6 Å². The maximum Gasteiger partial charge on any atom is 0.272 e. The maximum absolute atomic E-state index is 12.1. The molecule has 0 bridgehead atoms. The van der Waals surface area contributed by atoms with Crippen molar-refractivity contribution < 1.29 is 0 Å². The van der Waals surface area contributed by atoms with Gasteiger partial charge in [-0.15, -0.1) is 0 Å². The van der Waals surface area contributed by atoms with Crippen LogP contribution in [0.15, 0.2) is 29.1 Å². The van der Waals surface area contributed by atoms with Gasteiger partial charge in [-0.05, 0) is 37.7 Å². The molecule has 0 spiro atoms. The summed E-state index contributed by atoms with van der Waals surface area (Å²) in [5, 5.41) is 0. The van der Waals surface area contributed by atoms with E-state index in [-0.39, 0.29) is 5.56 Å². The van der Waals surface area contributed by atoms with Crippen molar-refractivity contribution in [2.24, 2.45) is 0 Å². The van der Waals surface area contributed by atoms with Crippen LogP contribution in [0.4, 0.5) is 0 Å². The Labute approximate surface area is 112 Å². The van der Waals surface area contributed by atoms with Crippen molar-refractivity contribution in [2.75, 3.05) is 5.75 Å². The van der Waals surface area contributed by atoms with Crippen molar-refractivity contribution in [3.05, 3.63) is 40.3 Å². The minimum Gasteiger partial charge on any atom is -0.305 e. The summed E-state index contributed by atoms with van der Waals surface area (Å²) in [5.41, 5.74) is 2.42. The van der Waals surface area contributed by atoms with Crippen LogP contribution in [0, 0.1) is 6.92 Å². The van der Waals surface area contributed by atoms with E-state index in [9.17, 15) is 4.79 Å². The molecule has 0 aliphatic heterocycles. The highest BCUT2D eigenvalue weighted by atomic mass is 32.1. The summed E-state index contributed by atoms with van der Waals surface area (Å²) >= 11 is 4.20. The molecule has 0 amide bonds. The van der Waals surface area contributed by atoms with Crippen molar-refractivity contribution in [1.82, 2.24) is 9.55 Å². The largest absolute Gasteiger partial charge is 0.305 e. The summed E-state index contributed by atoms with van der Waals surface area (Å²) in [6.07, 6.45) is 3.21. The molecule has 0 radical (unpaired) electrons. The Bertz CT molecular complexity index is 592. The third kappa shape index (κ3) is 2.75. The number of para-hydroxylation sites is 2. The van der Waals surface area contributed by atoms with E-state index in [2.05, 4.69) is 17.6 Å². The summed E-state index contributed by atoms with van der Waals surface area (Å²) in [7, 11) is 0. The van der Waals surface area contributed by atoms with Gasteiger partial charge in [0.25, 0.3) is 5.56 Å². The van der Waals surface area contributed by atoms with Crippen LogP contribution in [-0.2, 0) is 6.54 Å². The second kappa shape index (κ2) is 6.05. The molecule has 0 saturated heterocycles. The lowest BCUT2D eigenvalue weighted by molar-refractivity contribution is 0.600. The molecule has 4 heteroatoms. The first-order chi connectivity index (χ1) is 8.74. The number of rotatable bonds is 5. The second-order valence-electron chi connectivity index (χ2n) is 4.43. The van der Waals surface area contributed by atoms with Gasteiger partial charge in [0.2, 0.25) is 0 Å². The van der Waals surface area contributed by atoms with Crippen LogP contribution >= 0.6 is 12.6 Å². The minimum absolute atomic E-state index is 0.0274. The van der Waals surface area contributed by atoms with E-state index in [1.54, 1.807) is 6.92 Å². The Morgan fingerprint density at radius 1 is 1.22 bits per heavy atom. The molecule has 2 rings (SSSR count). The van der Waals surface area contributed by atoms with Crippen LogP contribution in [-0.4, -0.2) is 15.3 Å². The van der Waals surface area contributed by atoms with Crippen LogP contribution in [0.5, 0.6) is 0 Å². The van der Waals surface area contributed by atoms with Gasteiger partial charge in [0.05, 0.1) is 11.0 Å². The first kappa shape index (κ1) is 13.1. The summed E-state index contributed by atoms with van der Waals surface area (Å²) in [6, 6.07) is 7.81. The van der Waals surface area contributed by atoms with Crippen LogP contribution in [0.3, 0.4) is 0 Å². The van der Waals surface area contributed by atoms with E-state index in [4.69, 9.17) is 0 Å². The molecule has 3 nitrogen and oxygen atoms in total. The fraction of sp³-hybridized carbons (Fsp3) is 0.429. The van der Waals surface area contributed by atoms with E-state index >= 15 is 0 Å². The number of hydrogen-bond acceptors (Lipinski definition) is 3. The molecule has 1 aromatic heterocycles. The Balaban J connectivity index is 2.35. The lowest BCUT2D eigenvalue weighted by Crippen LogP contribution is -2.24. The van der Waals surface area contributed by atoms with Crippen molar-refractivity contribution >= 4 is 23.7 Å². The number of hydrogen-bond donors (Lipinski definition) is 1. The third-order valence-electron chi connectivity index (χ3n) is 3.06. The molecule has 0 aliphatic carbocycles. The summed E-state index contributed by atoms with van der Waals surface area (Å²) in [4.78, 5) is 16.5. The molecule has 1 aromatic carbocycles. The molecule has 0 fully saturated rings. The highest BCUT2D eigenvalue weighted by molar-refractivity contribution is 7.80. The Morgan fingerprint density at radius 2 is 2.00 bits per heavy atom. The smallest absolute Gasteiger partial charge is 0.272 e. The van der Waals surface area contributed by atoms with Crippen molar-refractivity contribution in [3.63, 3.8) is 0 Å². The molecule has 2 aromatic rings. The lowest BCUT2D eigenvalue weighted by Gasteiger charge is -2.10. The zero-order valence-electron chi connectivity index (χ0n) is 10.6. The molecule has 0 N–H and O–H groups in total. The lowest BCUT2D eigenvalue weighted by atomic mass is 10.2. The van der Waals surface area contributed by atoms with Gasteiger partial charge >= 0.3 is 0 Å². The number of unbranched alkanes of at least 4 members (excludes halogenated alkanes) is 2. The zero-order valence-corrected chi connectivity index (χ0v) is 11.5. The molecule has 0 atom stereocenters. The molecule has 0 saturated carbocycles. The average molecular weight is 262 g/mol. The Morgan fingerprint density at radius 3 is 2.78 bits per heavy atom. The number of thiol groups is 1. The van der Waals surface area contributed by atoms with Crippen LogP contribution in [0.2, 0.25) is 0 Å². The molecule has 0 aliphatic rings. The van der Waals surface area contributed by atoms with E-state index in [0.717, 1.165) is 42.6 Å². The van der Waals surface area contributed by atoms with E-state index in [0.29, 0.717) is 5.69 Å². The molecular weight excluding hydrogens is 244 g/mol. The number of aryl methyl sites for hydroxylation is 2. The number of nitrogens with zero attached hydrogens (tertiary/aromatic N) is 2. The topological polar surface area (TPSA) is 34.9 Å². The maximum atomic E-state index is 12.1. The SMILES string of the molecule is Cc1nc2ccccc2n(CCCCCS)c1=O. The van der Waals surface area contributed by atoms with Crippen LogP contribution in [0.1, 0.15) is 25.0 Å².